The van der Waals surface area contributed by atoms with Crippen molar-refractivity contribution in [1.82, 2.24) is 5.32 Å². The third-order valence-corrected chi connectivity index (χ3v) is 1.84. The van der Waals surface area contributed by atoms with E-state index in [1.807, 2.05) is 6.92 Å². The minimum Gasteiger partial charge on any atom is -0.353 e. The lowest BCUT2D eigenvalue weighted by molar-refractivity contribution is -0.124. The van der Waals surface area contributed by atoms with Gasteiger partial charge in [-0.2, -0.15) is 0 Å². The van der Waals surface area contributed by atoms with Crippen molar-refractivity contribution in [3.05, 3.63) is 0 Å². The van der Waals surface area contributed by atoms with Crippen molar-refractivity contribution in [2.75, 3.05) is 0 Å². The lowest BCUT2D eigenvalue weighted by atomic mass is 10.1. The molecule has 1 aliphatic carbocycles. The van der Waals surface area contributed by atoms with E-state index in [1.54, 1.807) is 0 Å². The maximum atomic E-state index is 11.2. The fourth-order valence-corrected chi connectivity index (χ4v) is 0.855. The molecular weight excluding hydrogens is 176 g/mol. The number of carbonyl (C=O) groups excluding carboxylic acids is 1. The minimum absolute atomic E-state index is 0. The number of rotatable bonds is 4. The zero-order valence-corrected chi connectivity index (χ0v) is 7.99. The summed E-state index contributed by atoms with van der Waals surface area (Å²) in [5.74, 6) is 0.0594. The summed E-state index contributed by atoms with van der Waals surface area (Å²) < 4.78 is 0. The molecule has 0 aromatic rings. The van der Waals surface area contributed by atoms with Gasteiger partial charge in [-0.05, 0) is 25.5 Å². The maximum Gasteiger partial charge on any atom is 0.223 e. The molecule has 0 bridgehead atoms. The summed E-state index contributed by atoms with van der Waals surface area (Å²) in [6.07, 6.45) is 4.10. The molecular formula is C8H15ClN2O. The zero-order chi connectivity index (χ0) is 8.27. The normalized spacial score (nSPS) is 17.4. The molecule has 3 nitrogen and oxygen atoms in total. The highest BCUT2D eigenvalue weighted by atomic mass is 35.5. The molecule has 1 amide bonds. The first-order valence-electron chi connectivity index (χ1n) is 4.03. The van der Waals surface area contributed by atoms with Gasteiger partial charge in [-0.3, -0.25) is 4.79 Å². The molecule has 2 N–H and O–H groups in total. The van der Waals surface area contributed by atoms with Gasteiger partial charge in [0.25, 0.3) is 0 Å². The summed E-state index contributed by atoms with van der Waals surface area (Å²) in [5, 5.41) is 9.72. The highest BCUT2D eigenvalue weighted by Gasteiger charge is 2.24. The standard InChI is InChI=1S/C8H14N2O.ClH/c1-6(4-5-9)8(11)10-7-2-3-7;/h5-7,9H,2-4H2,1H3,(H,10,11);1H/t6-;/m0./s1. The van der Waals surface area contributed by atoms with Gasteiger partial charge in [-0.25, -0.2) is 0 Å². The molecule has 0 aromatic heterocycles. The molecule has 0 heterocycles. The molecule has 0 aromatic carbocycles. The van der Waals surface area contributed by atoms with Crippen molar-refractivity contribution in [3.8, 4) is 0 Å². The Labute approximate surface area is 78.8 Å². The van der Waals surface area contributed by atoms with E-state index in [9.17, 15) is 4.79 Å². The quantitative estimate of drug-likeness (QED) is 0.647. The van der Waals surface area contributed by atoms with Gasteiger partial charge >= 0.3 is 0 Å². The van der Waals surface area contributed by atoms with Crippen molar-refractivity contribution in [1.29, 1.82) is 5.41 Å². The first kappa shape index (κ1) is 11.4. The van der Waals surface area contributed by atoms with Gasteiger partial charge in [0, 0.05) is 12.0 Å². The van der Waals surface area contributed by atoms with Crippen LogP contribution < -0.4 is 5.32 Å². The SMILES string of the molecule is C[C@@H](CC=N)C(=O)NC1CC1.Cl. The largest absolute Gasteiger partial charge is 0.353 e. The van der Waals surface area contributed by atoms with Crippen molar-refractivity contribution in [3.63, 3.8) is 0 Å². The second-order valence-corrected chi connectivity index (χ2v) is 3.12. The Bertz CT molecular complexity index is 168. The molecule has 0 aliphatic heterocycles. The monoisotopic (exact) mass is 190 g/mol. The first-order valence-corrected chi connectivity index (χ1v) is 4.03. The number of carbonyl (C=O) groups is 1. The molecule has 1 fully saturated rings. The van der Waals surface area contributed by atoms with Crippen molar-refractivity contribution in [2.24, 2.45) is 5.92 Å². The minimum atomic E-state index is -0.0342. The van der Waals surface area contributed by atoms with Gasteiger partial charge in [0.1, 0.15) is 0 Å². The molecule has 4 heteroatoms. The summed E-state index contributed by atoms with van der Waals surface area (Å²) >= 11 is 0. The third kappa shape index (κ3) is 3.72. The number of hydrogen-bond acceptors (Lipinski definition) is 2. The number of nitrogens with one attached hydrogen (secondary N) is 2. The second-order valence-electron chi connectivity index (χ2n) is 3.12. The van der Waals surface area contributed by atoms with E-state index in [0.717, 1.165) is 12.8 Å². The average molecular weight is 191 g/mol. The fourth-order valence-electron chi connectivity index (χ4n) is 0.855. The van der Waals surface area contributed by atoms with Gasteiger partial charge in [0.15, 0.2) is 0 Å². The smallest absolute Gasteiger partial charge is 0.223 e. The highest BCUT2D eigenvalue weighted by molar-refractivity contribution is 5.85. The topological polar surface area (TPSA) is 53.0 Å². The third-order valence-electron chi connectivity index (χ3n) is 1.84. The Morgan fingerprint density at radius 1 is 1.75 bits per heavy atom. The van der Waals surface area contributed by atoms with Crippen LogP contribution in [0.3, 0.4) is 0 Å². The predicted octanol–water partition coefficient (Wildman–Crippen LogP) is 1.36. The summed E-state index contributed by atoms with van der Waals surface area (Å²) in [4.78, 5) is 11.2. The summed E-state index contributed by atoms with van der Waals surface area (Å²) in [7, 11) is 0. The van der Waals surface area contributed by atoms with E-state index >= 15 is 0 Å². The highest BCUT2D eigenvalue weighted by Crippen LogP contribution is 2.19. The van der Waals surface area contributed by atoms with E-state index in [-0.39, 0.29) is 24.2 Å². The van der Waals surface area contributed by atoms with E-state index < -0.39 is 0 Å². The molecule has 1 aliphatic rings. The van der Waals surface area contributed by atoms with Crippen LogP contribution in [0.15, 0.2) is 0 Å². The van der Waals surface area contributed by atoms with Crippen LogP contribution in [0.4, 0.5) is 0 Å². The first-order chi connectivity index (χ1) is 5.24. The van der Waals surface area contributed by atoms with E-state index in [0.29, 0.717) is 12.5 Å². The Kier molecular flexibility index (Phi) is 4.90. The van der Waals surface area contributed by atoms with Crippen LogP contribution in [-0.4, -0.2) is 18.2 Å². The fraction of sp³-hybridized carbons (Fsp3) is 0.750. The van der Waals surface area contributed by atoms with Gasteiger partial charge in [0.05, 0.1) is 0 Å². The van der Waals surface area contributed by atoms with Crippen LogP contribution in [0.5, 0.6) is 0 Å². The van der Waals surface area contributed by atoms with Crippen molar-refractivity contribution >= 4 is 24.5 Å². The van der Waals surface area contributed by atoms with Crippen LogP contribution in [0.2, 0.25) is 0 Å². The Morgan fingerprint density at radius 2 is 2.33 bits per heavy atom. The summed E-state index contributed by atoms with van der Waals surface area (Å²) in [5.41, 5.74) is 0. The zero-order valence-electron chi connectivity index (χ0n) is 7.17. The average Bonchev–Trinajstić information content (AvgIpc) is 2.72. The van der Waals surface area contributed by atoms with Crippen LogP contribution >= 0.6 is 12.4 Å². The van der Waals surface area contributed by atoms with Crippen LogP contribution in [0, 0.1) is 11.3 Å². The molecule has 0 unspecified atom stereocenters. The predicted molar refractivity (Wildman–Crippen MR) is 51.0 cm³/mol. The molecule has 0 spiro atoms. The van der Waals surface area contributed by atoms with E-state index in [1.165, 1.54) is 6.21 Å². The molecule has 1 atom stereocenters. The second kappa shape index (κ2) is 5.14. The van der Waals surface area contributed by atoms with Gasteiger partial charge in [0.2, 0.25) is 5.91 Å². The van der Waals surface area contributed by atoms with Gasteiger partial charge in [-0.1, -0.05) is 6.92 Å². The van der Waals surface area contributed by atoms with Gasteiger partial charge < -0.3 is 10.7 Å². The lowest BCUT2D eigenvalue weighted by Crippen LogP contribution is -2.30. The molecule has 0 radical (unpaired) electrons. The molecule has 1 saturated carbocycles. The van der Waals surface area contributed by atoms with Crippen LogP contribution in [0.1, 0.15) is 26.2 Å². The van der Waals surface area contributed by atoms with Gasteiger partial charge in [-0.15, -0.1) is 12.4 Å². The summed E-state index contributed by atoms with van der Waals surface area (Å²) in [6.45, 7) is 1.85. The van der Waals surface area contributed by atoms with E-state index in [2.05, 4.69) is 5.32 Å². The molecule has 12 heavy (non-hydrogen) atoms. The Balaban J connectivity index is 0.00000121. The van der Waals surface area contributed by atoms with Crippen molar-refractivity contribution < 1.29 is 4.79 Å². The Hall–Kier alpha value is -0.570. The van der Waals surface area contributed by atoms with Crippen molar-refractivity contribution in [2.45, 2.75) is 32.2 Å². The lowest BCUT2D eigenvalue weighted by Gasteiger charge is -2.07. The maximum absolute atomic E-state index is 11.2. The molecule has 1 rings (SSSR count). The molecule has 70 valence electrons. The number of halogens is 1. The summed E-state index contributed by atoms with van der Waals surface area (Å²) in [6, 6.07) is 0.440. The van der Waals surface area contributed by atoms with Crippen LogP contribution in [0.25, 0.3) is 0 Å². The van der Waals surface area contributed by atoms with E-state index in [4.69, 9.17) is 5.41 Å². The number of amides is 1. The Morgan fingerprint density at radius 3 is 2.75 bits per heavy atom. The van der Waals surface area contributed by atoms with Crippen LogP contribution in [-0.2, 0) is 4.79 Å². The molecule has 0 saturated heterocycles. The number of hydrogen-bond donors (Lipinski definition) is 2.